The van der Waals surface area contributed by atoms with Crippen LogP contribution >= 0.6 is 0 Å². The van der Waals surface area contributed by atoms with Gasteiger partial charge in [0.15, 0.2) is 0 Å². The van der Waals surface area contributed by atoms with E-state index < -0.39 is 0 Å². The average Bonchev–Trinajstić information content (AvgIpc) is 2.54. The number of aryl methyl sites for hydroxylation is 2. The summed E-state index contributed by atoms with van der Waals surface area (Å²) in [7, 11) is 0. The Labute approximate surface area is 131 Å². The molecule has 0 atom stereocenters. The Balaban J connectivity index is 1.86. The Morgan fingerprint density at radius 2 is 1.41 bits per heavy atom. The van der Waals surface area contributed by atoms with Gasteiger partial charge in [0.1, 0.15) is 5.75 Å². The Hall–Kier alpha value is -2.54. The van der Waals surface area contributed by atoms with Gasteiger partial charge in [-0.2, -0.15) is 0 Å². The summed E-state index contributed by atoms with van der Waals surface area (Å²) < 4.78 is 0. The van der Waals surface area contributed by atoms with Crippen molar-refractivity contribution < 1.29 is 5.11 Å². The maximum atomic E-state index is 10.2. The van der Waals surface area contributed by atoms with E-state index in [1.54, 1.807) is 0 Å². The van der Waals surface area contributed by atoms with E-state index in [9.17, 15) is 5.11 Å². The fourth-order valence-corrected chi connectivity index (χ4v) is 2.85. The molecule has 0 unspecified atom stereocenters. The van der Waals surface area contributed by atoms with Crippen molar-refractivity contribution >= 4 is 0 Å². The molecule has 0 aromatic heterocycles. The molecule has 0 fully saturated rings. The van der Waals surface area contributed by atoms with Crippen LogP contribution in [0.15, 0.2) is 66.7 Å². The fourth-order valence-electron chi connectivity index (χ4n) is 2.85. The van der Waals surface area contributed by atoms with Crippen molar-refractivity contribution in [3.05, 3.63) is 89.0 Å². The highest BCUT2D eigenvalue weighted by molar-refractivity contribution is 5.63. The molecule has 0 bridgehead atoms. The van der Waals surface area contributed by atoms with E-state index in [1.807, 2.05) is 19.1 Å². The molecule has 0 heterocycles. The van der Waals surface area contributed by atoms with E-state index in [-0.39, 0.29) is 0 Å². The van der Waals surface area contributed by atoms with Crippen molar-refractivity contribution in [2.45, 2.75) is 20.3 Å². The van der Waals surface area contributed by atoms with E-state index in [0.717, 1.165) is 17.5 Å². The summed E-state index contributed by atoms with van der Waals surface area (Å²) in [5, 5.41) is 10.2. The quantitative estimate of drug-likeness (QED) is 0.696. The van der Waals surface area contributed by atoms with Crippen LogP contribution in [0.3, 0.4) is 0 Å². The minimum absolute atomic E-state index is 0.415. The lowest BCUT2D eigenvalue weighted by molar-refractivity contribution is 0.465. The lowest BCUT2D eigenvalue weighted by atomic mass is 9.97. The van der Waals surface area contributed by atoms with Gasteiger partial charge >= 0.3 is 0 Å². The van der Waals surface area contributed by atoms with E-state index in [2.05, 4.69) is 61.5 Å². The van der Waals surface area contributed by atoms with E-state index in [1.165, 1.54) is 22.3 Å². The smallest absolute Gasteiger partial charge is 0.122 e. The standard InChI is InChI=1S/C21H20O/c1-15-12-16(2)21(22)20(13-15)14-17-8-10-19(11-9-17)18-6-4-3-5-7-18/h3-13,22H,14H2,1-2H3. The number of phenolic OH excluding ortho intramolecular Hbond substituents is 1. The molecule has 3 aromatic carbocycles. The number of benzene rings is 3. The van der Waals surface area contributed by atoms with Gasteiger partial charge in [-0.15, -0.1) is 0 Å². The zero-order chi connectivity index (χ0) is 15.5. The van der Waals surface area contributed by atoms with Crippen LogP contribution in [0.2, 0.25) is 0 Å². The van der Waals surface area contributed by atoms with Crippen molar-refractivity contribution in [2.24, 2.45) is 0 Å². The molecule has 22 heavy (non-hydrogen) atoms. The van der Waals surface area contributed by atoms with Gasteiger partial charge in [-0.25, -0.2) is 0 Å². The van der Waals surface area contributed by atoms with Crippen molar-refractivity contribution in [1.29, 1.82) is 0 Å². The maximum Gasteiger partial charge on any atom is 0.122 e. The topological polar surface area (TPSA) is 20.2 Å². The first-order valence-electron chi connectivity index (χ1n) is 7.57. The molecule has 1 N–H and O–H groups in total. The van der Waals surface area contributed by atoms with Crippen LogP contribution in [0.5, 0.6) is 5.75 Å². The molecule has 0 amide bonds. The zero-order valence-electron chi connectivity index (χ0n) is 13.0. The molecule has 1 heteroatoms. The minimum Gasteiger partial charge on any atom is -0.507 e. The van der Waals surface area contributed by atoms with Crippen LogP contribution < -0.4 is 0 Å². The van der Waals surface area contributed by atoms with Gasteiger partial charge in [-0.3, -0.25) is 0 Å². The first-order chi connectivity index (χ1) is 10.6. The average molecular weight is 288 g/mol. The second-order valence-corrected chi connectivity index (χ2v) is 5.83. The first kappa shape index (κ1) is 14.4. The summed E-state index contributed by atoms with van der Waals surface area (Å²) in [6, 6.07) is 23.0. The number of aromatic hydroxyl groups is 1. The van der Waals surface area contributed by atoms with E-state index in [4.69, 9.17) is 0 Å². The third-order valence-corrected chi connectivity index (χ3v) is 3.98. The van der Waals surface area contributed by atoms with Crippen LogP contribution in [0, 0.1) is 13.8 Å². The van der Waals surface area contributed by atoms with Crippen LogP contribution in [0.25, 0.3) is 11.1 Å². The summed E-state index contributed by atoms with van der Waals surface area (Å²) in [4.78, 5) is 0. The van der Waals surface area contributed by atoms with Crippen LogP contribution in [0.4, 0.5) is 0 Å². The Bertz CT molecular complexity index is 771. The van der Waals surface area contributed by atoms with Gasteiger partial charge < -0.3 is 5.11 Å². The molecule has 1 nitrogen and oxygen atoms in total. The van der Waals surface area contributed by atoms with Crippen molar-refractivity contribution in [3.63, 3.8) is 0 Å². The summed E-state index contributed by atoms with van der Waals surface area (Å²) in [6.07, 6.45) is 0.753. The lowest BCUT2D eigenvalue weighted by Gasteiger charge is -2.10. The third kappa shape index (κ3) is 3.04. The van der Waals surface area contributed by atoms with Crippen LogP contribution in [-0.4, -0.2) is 5.11 Å². The predicted molar refractivity (Wildman–Crippen MR) is 92.3 cm³/mol. The normalized spacial score (nSPS) is 10.6. The number of phenols is 1. The molecule has 0 aliphatic carbocycles. The summed E-state index contributed by atoms with van der Waals surface area (Å²) >= 11 is 0. The molecule has 3 rings (SSSR count). The Kier molecular flexibility index (Phi) is 3.97. The predicted octanol–water partition coefficient (Wildman–Crippen LogP) is 5.27. The van der Waals surface area contributed by atoms with Gasteiger partial charge in [0.25, 0.3) is 0 Å². The van der Waals surface area contributed by atoms with Gasteiger partial charge in [0, 0.05) is 6.42 Å². The van der Waals surface area contributed by atoms with Crippen molar-refractivity contribution in [1.82, 2.24) is 0 Å². The van der Waals surface area contributed by atoms with Gasteiger partial charge in [0.05, 0.1) is 0 Å². The van der Waals surface area contributed by atoms with Crippen LogP contribution in [0.1, 0.15) is 22.3 Å². The monoisotopic (exact) mass is 288 g/mol. The highest BCUT2D eigenvalue weighted by atomic mass is 16.3. The first-order valence-corrected chi connectivity index (χ1v) is 7.57. The molecule has 0 radical (unpaired) electrons. The summed E-state index contributed by atoms with van der Waals surface area (Å²) in [5.74, 6) is 0.415. The highest BCUT2D eigenvalue weighted by Crippen LogP contribution is 2.27. The van der Waals surface area contributed by atoms with Gasteiger partial charge in [0.2, 0.25) is 0 Å². The highest BCUT2D eigenvalue weighted by Gasteiger charge is 2.07. The largest absolute Gasteiger partial charge is 0.507 e. The Morgan fingerprint density at radius 3 is 2.09 bits per heavy atom. The van der Waals surface area contributed by atoms with Gasteiger partial charge in [-0.05, 0) is 41.7 Å². The Morgan fingerprint density at radius 1 is 0.773 bits per heavy atom. The molecule has 0 spiro atoms. The van der Waals surface area contributed by atoms with Crippen molar-refractivity contribution in [3.8, 4) is 16.9 Å². The maximum absolute atomic E-state index is 10.2. The summed E-state index contributed by atoms with van der Waals surface area (Å²) in [6.45, 7) is 4.01. The SMILES string of the molecule is Cc1cc(C)c(O)c(Cc2ccc(-c3ccccc3)cc2)c1. The molecule has 0 saturated carbocycles. The molecule has 3 aromatic rings. The number of hydrogen-bond donors (Lipinski definition) is 1. The number of hydrogen-bond acceptors (Lipinski definition) is 1. The van der Waals surface area contributed by atoms with Gasteiger partial charge in [-0.1, -0.05) is 72.3 Å². The summed E-state index contributed by atoms with van der Waals surface area (Å²) in [5.41, 5.74) is 6.77. The zero-order valence-corrected chi connectivity index (χ0v) is 13.0. The fraction of sp³-hybridized carbons (Fsp3) is 0.143. The van der Waals surface area contributed by atoms with E-state index >= 15 is 0 Å². The van der Waals surface area contributed by atoms with Crippen LogP contribution in [-0.2, 0) is 6.42 Å². The second kappa shape index (κ2) is 6.07. The number of rotatable bonds is 3. The van der Waals surface area contributed by atoms with Crippen molar-refractivity contribution in [2.75, 3.05) is 0 Å². The lowest BCUT2D eigenvalue weighted by Crippen LogP contribution is -1.92. The molecular weight excluding hydrogens is 268 g/mol. The molecule has 0 aliphatic heterocycles. The second-order valence-electron chi connectivity index (χ2n) is 5.83. The molecular formula is C21H20O. The van der Waals surface area contributed by atoms with E-state index in [0.29, 0.717) is 5.75 Å². The minimum atomic E-state index is 0.415. The molecule has 0 aliphatic rings. The molecule has 110 valence electrons. The molecule has 0 saturated heterocycles. The third-order valence-electron chi connectivity index (χ3n) is 3.98.